The molecule has 1 N–H and O–H groups in total. The van der Waals surface area contributed by atoms with Crippen molar-refractivity contribution in [1.82, 2.24) is 0 Å². The summed E-state index contributed by atoms with van der Waals surface area (Å²) in [6.45, 7) is 9.53. The van der Waals surface area contributed by atoms with Crippen LogP contribution in [0.15, 0.2) is 42.5 Å². The van der Waals surface area contributed by atoms with Crippen molar-refractivity contribution in [1.29, 1.82) is 0 Å². The monoisotopic (exact) mass is 395 g/mol. The molecule has 2 atom stereocenters. The Morgan fingerprint density at radius 1 is 1.07 bits per heavy atom. The number of hydrogen-bond donors (Lipinski definition) is 1. The summed E-state index contributed by atoms with van der Waals surface area (Å²) in [5.74, 6) is 0.0482. The van der Waals surface area contributed by atoms with E-state index in [9.17, 15) is 9.59 Å². The van der Waals surface area contributed by atoms with E-state index in [2.05, 4.69) is 5.32 Å². The number of anilines is 1. The molecule has 1 aliphatic heterocycles. The summed E-state index contributed by atoms with van der Waals surface area (Å²) in [6.07, 6.45) is 0.671. The molecule has 29 heavy (non-hydrogen) atoms. The van der Waals surface area contributed by atoms with Crippen LogP contribution in [0.5, 0.6) is 0 Å². The molecule has 0 aromatic heterocycles. The smallest absolute Gasteiger partial charge is 0.412 e. The van der Waals surface area contributed by atoms with Gasteiger partial charge in [-0.2, -0.15) is 0 Å². The van der Waals surface area contributed by atoms with Crippen LogP contribution in [-0.4, -0.2) is 29.7 Å². The zero-order chi connectivity index (χ0) is 21.2. The zero-order valence-electron chi connectivity index (χ0n) is 17.7. The van der Waals surface area contributed by atoms with Crippen LogP contribution in [-0.2, 0) is 15.9 Å². The van der Waals surface area contributed by atoms with Gasteiger partial charge >= 0.3 is 6.09 Å². The van der Waals surface area contributed by atoms with Crippen LogP contribution >= 0.6 is 0 Å². The minimum Gasteiger partial charge on any atom is -0.444 e. The van der Waals surface area contributed by atoms with Crippen LogP contribution in [0.1, 0.15) is 54.2 Å². The quantitative estimate of drug-likeness (QED) is 0.537. The highest BCUT2D eigenvalue weighted by Gasteiger charge is 2.44. The normalized spacial score (nSPS) is 18.2. The number of aryl methyl sites for hydroxylation is 3. The maximum atomic E-state index is 12.5. The summed E-state index contributed by atoms with van der Waals surface area (Å²) in [5, 5.41) is 2.78. The lowest BCUT2D eigenvalue weighted by Crippen LogP contribution is -2.27. The highest BCUT2D eigenvalue weighted by atomic mass is 16.6. The molecule has 0 aliphatic carbocycles. The Balaban J connectivity index is 1.55. The van der Waals surface area contributed by atoms with Gasteiger partial charge in [-0.25, -0.2) is 4.79 Å². The average molecular weight is 395 g/mol. The van der Waals surface area contributed by atoms with Gasteiger partial charge in [-0.05, 0) is 70.7 Å². The summed E-state index contributed by atoms with van der Waals surface area (Å²) in [6, 6.07) is 13.4. The van der Waals surface area contributed by atoms with Crippen molar-refractivity contribution < 1.29 is 19.1 Å². The molecule has 1 fully saturated rings. The third-order valence-corrected chi connectivity index (χ3v) is 4.87. The van der Waals surface area contributed by atoms with Gasteiger partial charge in [0.05, 0.1) is 6.10 Å². The van der Waals surface area contributed by atoms with E-state index in [-0.39, 0.29) is 18.0 Å². The number of carbonyl (C=O) groups excluding carboxylic acids is 2. The van der Waals surface area contributed by atoms with Gasteiger partial charge in [-0.1, -0.05) is 35.9 Å². The molecule has 2 unspecified atom stereocenters. The number of carbonyl (C=O) groups is 2. The SMILES string of the molecule is Cc1ccc(C(=O)C2OC2CCc2cc(NC(=O)OC(C)(C)C)ccc2C)cc1. The van der Waals surface area contributed by atoms with Crippen molar-refractivity contribution in [3.8, 4) is 0 Å². The summed E-state index contributed by atoms with van der Waals surface area (Å²) in [5.41, 5.74) is 4.24. The second-order valence-corrected chi connectivity index (χ2v) is 8.63. The summed E-state index contributed by atoms with van der Waals surface area (Å²) in [4.78, 5) is 24.5. The lowest BCUT2D eigenvalue weighted by Gasteiger charge is -2.20. The molecule has 2 aromatic carbocycles. The second kappa shape index (κ2) is 8.37. The second-order valence-electron chi connectivity index (χ2n) is 8.63. The van der Waals surface area contributed by atoms with Gasteiger partial charge in [0, 0.05) is 11.3 Å². The van der Waals surface area contributed by atoms with E-state index in [1.54, 1.807) is 0 Å². The molecule has 0 bridgehead atoms. The molecular weight excluding hydrogens is 366 g/mol. The first-order valence-corrected chi connectivity index (χ1v) is 9.98. The number of Topliss-reactive ketones (excluding diaryl/α,β-unsaturated/α-hetero) is 1. The van der Waals surface area contributed by atoms with Gasteiger partial charge in [-0.3, -0.25) is 10.1 Å². The van der Waals surface area contributed by atoms with Crippen LogP contribution in [0.25, 0.3) is 0 Å². The van der Waals surface area contributed by atoms with Crippen molar-refractivity contribution in [3.05, 3.63) is 64.7 Å². The van der Waals surface area contributed by atoms with Crippen LogP contribution in [0.4, 0.5) is 10.5 Å². The third-order valence-electron chi connectivity index (χ3n) is 4.87. The number of rotatable bonds is 6. The lowest BCUT2D eigenvalue weighted by molar-refractivity contribution is 0.0635. The Kier molecular flexibility index (Phi) is 6.08. The van der Waals surface area contributed by atoms with E-state index in [0.29, 0.717) is 11.3 Å². The Hall–Kier alpha value is -2.66. The van der Waals surface area contributed by atoms with Crippen LogP contribution in [0.2, 0.25) is 0 Å². The van der Waals surface area contributed by atoms with Crippen molar-refractivity contribution in [2.24, 2.45) is 0 Å². The van der Waals surface area contributed by atoms with Gasteiger partial charge in [0.15, 0.2) is 5.78 Å². The molecule has 0 spiro atoms. The molecule has 154 valence electrons. The van der Waals surface area contributed by atoms with E-state index in [1.807, 2.05) is 77.1 Å². The lowest BCUT2D eigenvalue weighted by atomic mass is 9.99. The number of amides is 1. The minimum atomic E-state index is -0.542. The fourth-order valence-corrected chi connectivity index (χ4v) is 3.21. The first-order chi connectivity index (χ1) is 13.6. The van der Waals surface area contributed by atoms with Gasteiger partial charge < -0.3 is 9.47 Å². The molecule has 2 aromatic rings. The number of ketones is 1. The van der Waals surface area contributed by atoms with Crippen molar-refractivity contribution in [2.75, 3.05) is 5.32 Å². The van der Waals surface area contributed by atoms with E-state index >= 15 is 0 Å². The van der Waals surface area contributed by atoms with E-state index < -0.39 is 11.7 Å². The first kappa shape index (κ1) is 21.1. The Labute approximate surface area is 172 Å². The van der Waals surface area contributed by atoms with E-state index in [4.69, 9.17) is 9.47 Å². The van der Waals surface area contributed by atoms with Gasteiger partial charge in [0.25, 0.3) is 0 Å². The van der Waals surface area contributed by atoms with Gasteiger partial charge in [0.1, 0.15) is 11.7 Å². The van der Waals surface area contributed by atoms with Crippen LogP contribution < -0.4 is 5.32 Å². The number of hydrogen-bond acceptors (Lipinski definition) is 4. The molecule has 1 aliphatic rings. The standard InChI is InChI=1S/C24H29NO4/c1-15-6-9-17(10-7-15)21(26)22-20(28-22)13-11-18-14-19(12-8-16(18)2)25-23(27)29-24(3,4)5/h6-10,12,14,20,22H,11,13H2,1-5H3,(H,25,27). The zero-order valence-corrected chi connectivity index (χ0v) is 17.7. The molecular formula is C24H29NO4. The largest absolute Gasteiger partial charge is 0.444 e. The Bertz CT molecular complexity index is 896. The molecule has 1 saturated heterocycles. The van der Waals surface area contributed by atoms with Crippen LogP contribution in [0.3, 0.4) is 0 Å². The number of epoxide rings is 1. The summed E-state index contributed by atoms with van der Waals surface area (Å²) in [7, 11) is 0. The van der Waals surface area contributed by atoms with Crippen molar-refractivity contribution in [2.45, 2.75) is 65.3 Å². The molecule has 5 heteroatoms. The predicted octanol–water partition coefficient (Wildman–Crippen LogP) is 5.23. The topological polar surface area (TPSA) is 67.9 Å². The number of nitrogens with one attached hydrogen (secondary N) is 1. The Morgan fingerprint density at radius 2 is 1.76 bits per heavy atom. The molecule has 0 radical (unpaired) electrons. The van der Waals surface area contributed by atoms with E-state index in [0.717, 1.165) is 29.5 Å². The summed E-state index contributed by atoms with van der Waals surface area (Å²) < 4.78 is 10.9. The average Bonchev–Trinajstić information content (AvgIpc) is 3.40. The molecule has 5 nitrogen and oxygen atoms in total. The fourth-order valence-electron chi connectivity index (χ4n) is 3.21. The summed E-state index contributed by atoms with van der Waals surface area (Å²) >= 11 is 0. The van der Waals surface area contributed by atoms with Crippen molar-refractivity contribution in [3.63, 3.8) is 0 Å². The Morgan fingerprint density at radius 3 is 2.41 bits per heavy atom. The first-order valence-electron chi connectivity index (χ1n) is 9.98. The van der Waals surface area contributed by atoms with Gasteiger partial charge in [0.2, 0.25) is 0 Å². The number of benzene rings is 2. The maximum absolute atomic E-state index is 12.5. The minimum absolute atomic E-state index is 0.0482. The van der Waals surface area contributed by atoms with Gasteiger partial charge in [-0.15, -0.1) is 0 Å². The fraction of sp³-hybridized carbons (Fsp3) is 0.417. The molecule has 1 heterocycles. The third kappa shape index (κ3) is 5.91. The molecule has 1 amide bonds. The maximum Gasteiger partial charge on any atom is 0.412 e. The van der Waals surface area contributed by atoms with Crippen LogP contribution in [0, 0.1) is 13.8 Å². The number of ether oxygens (including phenoxy) is 2. The highest BCUT2D eigenvalue weighted by Crippen LogP contribution is 2.31. The van der Waals surface area contributed by atoms with E-state index in [1.165, 1.54) is 0 Å². The highest BCUT2D eigenvalue weighted by molar-refractivity contribution is 6.01. The molecule has 3 rings (SSSR count). The molecule has 0 saturated carbocycles. The predicted molar refractivity (Wildman–Crippen MR) is 114 cm³/mol. The van der Waals surface area contributed by atoms with Crippen molar-refractivity contribution >= 4 is 17.6 Å².